The molecule has 3 atom stereocenters. The highest BCUT2D eigenvalue weighted by atomic mass is 32.1. The molecule has 0 aromatic carbocycles. The molecule has 1 fully saturated rings. The lowest BCUT2D eigenvalue weighted by Crippen LogP contribution is -2.46. The van der Waals surface area contributed by atoms with E-state index in [-0.39, 0.29) is 12.6 Å². The summed E-state index contributed by atoms with van der Waals surface area (Å²) in [7, 11) is 0. The van der Waals surface area contributed by atoms with E-state index in [4.69, 9.17) is 21.7 Å². The quantitative estimate of drug-likeness (QED) is 0.235. The van der Waals surface area contributed by atoms with Crippen LogP contribution in [0.1, 0.15) is 64.7 Å². The molecule has 5 N–H and O–H groups in total. The molecule has 192 valence electrons. The Kier molecular flexibility index (Phi) is 10.5. The molecule has 0 bridgehead atoms. The van der Waals surface area contributed by atoms with Gasteiger partial charge in [-0.2, -0.15) is 0 Å². The monoisotopic (exact) mass is 499 g/mol. The molecule has 0 aliphatic carbocycles. The molecular weight excluding hydrogens is 462 g/mol. The molecule has 2 heterocycles. The van der Waals surface area contributed by atoms with Crippen molar-refractivity contribution in [3.8, 4) is 0 Å². The number of nitrogens with one attached hydrogen (secondary N) is 4. The lowest BCUT2D eigenvalue weighted by atomic mass is 10.1. The molecule has 1 aliphatic rings. The molecule has 0 radical (unpaired) electrons. The number of thiocarbonyl (C=S) groups is 1. The zero-order valence-corrected chi connectivity index (χ0v) is 21.1. The van der Waals surface area contributed by atoms with E-state index in [1.807, 2.05) is 20.8 Å². The van der Waals surface area contributed by atoms with Crippen LogP contribution in [0.25, 0.3) is 0 Å². The number of aromatic amines is 1. The molecule has 1 aromatic rings. The van der Waals surface area contributed by atoms with Crippen LogP contribution < -0.4 is 27.2 Å². The van der Waals surface area contributed by atoms with Gasteiger partial charge in [0.1, 0.15) is 17.9 Å². The summed E-state index contributed by atoms with van der Waals surface area (Å²) in [6.07, 6.45) is 4.04. The smallest absolute Gasteiger partial charge is 0.407 e. The van der Waals surface area contributed by atoms with Crippen LogP contribution in [0.3, 0.4) is 0 Å². The third-order valence-electron chi connectivity index (χ3n) is 5.25. The Morgan fingerprint density at radius 1 is 1.24 bits per heavy atom. The Balaban J connectivity index is 1.66. The van der Waals surface area contributed by atoms with E-state index in [2.05, 4.69) is 20.9 Å². The lowest BCUT2D eigenvalue weighted by molar-refractivity contribution is -0.0281. The lowest BCUT2D eigenvalue weighted by Gasteiger charge is -2.20. The molecule has 0 unspecified atom stereocenters. The van der Waals surface area contributed by atoms with E-state index in [1.165, 1.54) is 10.8 Å². The van der Waals surface area contributed by atoms with Crippen molar-refractivity contribution < 1.29 is 19.4 Å². The maximum atomic E-state index is 12.1. The van der Waals surface area contributed by atoms with Crippen molar-refractivity contribution in [1.29, 1.82) is 0 Å². The van der Waals surface area contributed by atoms with Crippen LogP contribution in [-0.2, 0) is 9.47 Å². The fourth-order valence-electron chi connectivity index (χ4n) is 3.55. The van der Waals surface area contributed by atoms with Crippen LogP contribution in [0, 0.1) is 6.92 Å². The van der Waals surface area contributed by atoms with Gasteiger partial charge < -0.3 is 30.5 Å². The summed E-state index contributed by atoms with van der Waals surface area (Å²) in [6, 6.07) is -0.284. The Labute approximate surface area is 204 Å². The first-order valence-electron chi connectivity index (χ1n) is 11.6. The van der Waals surface area contributed by atoms with E-state index in [9.17, 15) is 19.5 Å². The number of unbranched alkanes of at least 4 members (excludes halogenated alkanes) is 3. The van der Waals surface area contributed by atoms with Gasteiger partial charge in [0.2, 0.25) is 0 Å². The minimum absolute atomic E-state index is 0.231. The number of ether oxygens (including phenoxy) is 2. The molecule has 12 heteroatoms. The highest BCUT2D eigenvalue weighted by Crippen LogP contribution is 2.27. The number of H-pyrrole nitrogens is 1. The van der Waals surface area contributed by atoms with Crippen molar-refractivity contribution in [2.24, 2.45) is 0 Å². The average molecular weight is 500 g/mol. The highest BCUT2D eigenvalue weighted by Gasteiger charge is 2.36. The Morgan fingerprint density at radius 3 is 2.50 bits per heavy atom. The van der Waals surface area contributed by atoms with Gasteiger partial charge >= 0.3 is 11.8 Å². The first-order valence-corrected chi connectivity index (χ1v) is 12.0. The predicted octanol–water partition coefficient (Wildman–Crippen LogP) is 1.04. The number of alkyl carbamates (subject to hydrolysis) is 1. The van der Waals surface area contributed by atoms with Gasteiger partial charge in [-0.1, -0.05) is 12.8 Å². The second-order valence-electron chi connectivity index (χ2n) is 9.38. The summed E-state index contributed by atoms with van der Waals surface area (Å²) in [5.74, 6) is 0. The number of hydrogen-bond donors (Lipinski definition) is 5. The van der Waals surface area contributed by atoms with Gasteiger partial charge in [-0.15, -0.1) is 0 Å². The largest absolute Gasteiger partial charge is 0.444 e. The molecule has 11 nitrogen and oxygen atoms in total. The topological polar surface area (TPSA) is 147 Å². The van der Waals surface area contributed by atoms with E-state index in [1.54, 1.807) is 6.92 Å². The summed E-state index contributed by atoms with van der Waals surface area (Å²) in [5.41, 5.74) is -1.08. The molecule has 1 amide bonds. The number of aromatic nitrogens is 2. The van der Waals surface area contributed by atoms with Gasteiger partial charge in [0.15, 0.2) is 5.11 Å². The minimum atomic E-state index is -0.616. The molecule has 1 saturated heterocycles. The zero-order valence-electron chi connectivity index (χ0n) is 20.3. The minimum Gasteiger partial charge on any atom is -0.444 e. The van der Waals surface area contributed by atoms with Crippen molar-refractivity contribution in [3.63, 3.8) is 0 Å². The number of aryl methyl sites for hydroxylation is 1. The van der Waals surface area contributed by atoms with Gasteiger partial charge in [0.25, 0.3) is 5.56 Å². The Hall–Kier alpha value is -2.44. The SMILES string of the molecule is Cc1cn([C@H]2C[C@H](NC(=S)NCCCCCCNC(=O)OC(C)(C)C)[C@@H](CO)O2)c(=O)[nH]c1=O. The van der Waals surface area contributed by atoms with Crippen LogP contribution >= 0.6 is 12.2 Å². The fraction of sp³-hybridized carbons (Fsp3) is 0.727. The number of hydrogen-bond acceptors (Lipinski definition) is 7. The molecule has 0 spiro atoms. The number of carbonyl (C=O) groups excluding carboxylic acids is 1. The number of carbonyl (C=O) groups is 1. The molecule has 1 aromatic heterocycles. The summed E-state index contributed by atoms with van der Waals surface area (Å²) >= 11 is 5.37. The number of nitrogens with zero attached hydrogens (tertiary/aromatic N) is 1. The second-order valence-corrected chi connectivity index (χ2v) is 9.78. The summed E-state index contributed by atoms with van der Waals surface area (Å²) < 4.78 is 12.3. The van der Waals surface area contributed by atoms with E-state index < -0.39 is 35.3 Å². The molecular formula is C22H37N5O6S. The summed E-state index contributed by atoms with van der Waals surface area (Å²) in [5, 5.41) is 19.2. The van der Waals surface area contributed by atoms with Crippen molar-refractivity contribution in [1.82, 2.24) is 25.5 Å². The molecule has 2 rings (SSSR count). The summed E-state index contributed by atoms with van der Waals surface area (Å²) in [6.45, 7) is 8.13. The van der Waals surface area contributed by atoms with Crippen molar-refractivity contribution in [2.45, 2.75) is 83.8 Å². The van der Waals surface area contributed by atoms with Crippen LogP contribution in [0.5, 0.6) is 0 Å². The van der Waals surface area contributed by atoms with Crippen molar-refractivity contribution in [2.75, 3.05) is 19.7 Å². The van der Waals surface area contributed by atoms with E-state index in [0.29, 0.717) is 30.2 Å². The van der Waals surface area contributed by atoms with Crippen LogP contribution in [-0.4, -0.2) is 63.3 Å². The molecule has 1 aliphatic heterocycles. The first-order chi connectivity index (χ1) is 16.0. The van der Waals surface area contributed by atoms with Gasteiger partial charge in [-0.25, -0.2) is 9.59 Å². The molecule has 34 heavy (non-hydrogen) atoms. The number of rotatable bonds is 10. The van der Waals surface area contributed by atoms with Gasteiger partial charge in [-0.3, -0.25) is 14.3 Å². The third-order valence-corrected chi connectivity index (χ3v) is 5.51. The van der Waals surface area contributed by atoms with Gasteiger partial charge in [0, 0.05) is 31.3 Å². The molecule has 0 saturated carbocycles. The van der Waals surface area contributed by atoms with Crippen molar-refractivity contribution >= 4 is 23.4 Å². The van der Waals surface area contributed by atoms with E-state index in [0.717, 1.165) is 25.7 Å². The maximum absolute atomic E-state index is 12.1. The van der Waals surface area contributed by atoms with Gasteiger partial charge in [0.05, 0.1) is 12.6 Å². The average Bonchev–Trinajstić information content (AvgIpc) is 3.13. The predicted molar refractivity (Wildman–Crippen MR) is 132 cm³/mol. The van der Waals surface area contributed by atoms with Crippen molar-refractivity contribution in [3.05, 3.63) is 32.6 Å². The number of amides is 1. The van der Waals surface area contributed by atoms with E-state index >= 15 is 0 Å². The van der Waals surface area contributed by atoms with Crippen LogP contribution in [0.4, 0.5) is 4.79 Å². The third kappa shape index (κ3) is 9.07. The fourth-order valence-corrected chi connectivity index (χ4v) is 3.81. The standard InChI is InChI=1S/C22H37N5O6S/c1-14-12-27(20(30)26-18(14)29)17-11-15(16(13-28)32-17)25-19(34)23-9-7-5-6-8-10-24-21(31)33-22(2,3)4/h12,15-17,28H,5-11,13H2,1-4H3,(H,24,31)(H2,23,25,34)(H,26,29,30)/t15-,16+,17+/m0/s1. The first kappa shape index (κ1) is 27.8. The normalized spacial score (nSPS) is 20.1. The maximum Gasteiger partial charge on any atom is 0.407 e. The number of aliphatic hydroxyl groups excluding tert-OH is 1. The van der Waals surface area contributed by atoms with Crippen LogP contribution in [0.15, 0.2) is 15.8 Å². The van der Waals surface area contributed by atoms with Gasteiger partial charge in [-0.05, 0) is 52.8 Å². The Morgan fingerprint density at radius 2 is 1.88 bits per heavy atom. The number of aliphatic hydroxyl groups is 1. The van der Waals surface area contributed by atoms with Crippen LogP contribution in [0.2, 0.25) is 0 Å². The summed E-state index contributed by atoms with van der Waals surface area (Å²) in [4.78, 5) is 37.6. The Bertz CT molecular complexity index is 941. The highest BCUT2D eigenvalue weighted by molar-refractivity contribution is 7.80. The zero-order chi connectivity index (χ0) is 25.3. The second kappa shape index (κ2) is 12.9.